The maximum Gasteiger partial charge on any atom is 0.233 e. The van der Waals surface area contributed by atoms with Gasteiger partial charge in [0.25, 0.3) is 0 Å². The lowest BCUT2D eigenvalue weighted by atomic mass is 10.2. The van der Waals surface area contributed by atoms with Crippen LogP contribution in [0.4, 0.5) is 0 Å². The maximum absolute atomic E-state index is 12.0. The van der Waals surface area contributed by atoms with Gasteiger partial charge in [-0.1, -0.05) is 24.6 Å². The second-order valence-corrected chi connectivity index (χ2v) is 5.97. The van der Waals surface area contributed by atoms with Crippen molar-refractivity contribution < 1.29 is 9.90 Å². The zero-order chi connectivity index (χ0) is 13.7. The van der Waals surface area contributed by atoms with E-state index in [9.17, 15) is 4.79 Å². The van der Waals surface area contributed by atoms with Crippen LogP contribution >= 0.6 is 11.8 Å². The molecule has 1 aromatic rings. The fourth-order valence-electron chi connectivity index (χ4n) is 2.12. The van der Waals surface area contributed by atoms with E-state index in [1.54, 1.807) is 0 Å². The molecular formula is C11H19N5O2S. The zero-order valence-corrected chi connectivity index (χ0v) is 11.8. The smallest absolute Gasteiger partial charge is 0.233 e. The molecule has 0 aromatic carbocycles. The van der Waals surface area contributed by atoms with E-state index in [4.69, 9.17) is 5.11 Å². The molecule has 0 spiro atoms. The number of rotatable bonds is 6. The minimum atomic E-state index is -0.246. The number of hydrogen-bond acceptors (Lipinski definition) is 6. The monoisotopic (exact) mass is 285 g/mol. The van der Waals surface area contributed by atoms with E-state index < -0.39 is 0 Å². The normalized spacial score (nSPS) is 17.6. The van der Waals surface area contributed by atoms with Crippen LogP contribution in [0.15, 0.2) is 5.16 Å². The summed E-state index contributed by atoms with van der Waals surface area (Å²) >= 11 is 1.31. The first kappa shape index (κ1) is 14.3. The molecule has 1 saturated carbocycles. The van der Waals surface area contributed by atoms with Gasteiger partial charge >= 0.3 is 0 Å². The van der Waals surface area contributed by atoms with Gasteiger partial charge in [-0.2, -0.15) is 0 Å². The molecule has 0 saturated heterocycles. The lowest BCUT2D eigenvalue weighted by Crippen LogP contribution is -2.37. The number of hydrogen-bond donors (Lipinski definition) is 2. The summed E-state index contributed by atoms with van der Waals surface area (Å²) in [5.74, 6) is 0.0236. The van der Waals surface area contributed by atoms with Crippen LogP contribution in [0.3, 0.4) is 0 Å². The molecule has 1 atom stereocenters. The molecule has 0 radical (unpaired) electrons. The van der Waals surface area contributed by atoms with E-state index in [1.807, 2.05) is 6.92 Å². The van der Waals surface area contributed by atoms with Crippen LogP contribution in [-0.4, -0.2) is 49.1 Å². The predicted octanol–water partition coefficient (Wildman–Crippen LogP) is 0.205. The van der Waals surface area contributed by atoms with Gasteiger partial charge in [0.15, 0.2) is 0 Å². The Labute approximate surface area is 116 Å². The van der Waals surface area contributed by atoms with E-state index in [0.717, 1.165) is 12.8 Å². The van der Waals surface area contributed by atoms with Crippen molar-refractivity contribution in [1.82, 2.24) is 25.5 Å². The average molecular weight is 285 g/mol. The lowest BCUT2D eigenvalue weighted by molar-refractivity contribution is -0.120. The van der Waals surface area contributed by atoms with E-state index in [1.165, 1.54) is 29.3 Å². The van der Waals surface area contributed by atoms with Gasteiger partial charge < -0.3 is 10.4 Å². The molecule has 0 aliphatic heterocycles. The third kappa shape index (κ3) is 3.90. The van der Waals surface area contributed by atoms with Crippen molar-refractivity contribution in [2.24, 2.45) is 0 Å². The molecule has 8 heteroatoms. The zero-order valence-electron chi connectivity index (χ0n) is 10.9. The average Bonchev–Trinajstić information content (AvgIpc) is 3.02. The summed E-state index contributed by atoms with van der Waals surface area (Å²) in [5.41, 5.74) is 0. The molecule has 2 N–H and O–H groups in total. The summed E-state index contributed by atoms with van der Waals surface area (Å²) in [6, 6.07) is 0.323. The third-order valence-electron chi connectivity index (χ3n) is 3.16. The number of aromatic nitrogens is 4. The summed E-state index contributed by atoms with van der Waals surface area (Å²) in [5, 5.41) is 23.4. The Morgan fingerprint density at radius 1 is 1.58 bits per heavy atom. The van der Waals surface area contributed by atoms with Crippen molar-refractivity contribution in [2.45, 2.75) is 55.6 Å². The van der Waals surface area contributed by atoms with E-state index in [2.05, 4.69) is 20.8 Å². The van der Waals surface area contributed by atoms with Gasteiger partial charge in [0, 0.05) is 6.04 Å². The topological polar surface area (TPSA) is 92.9 Å². The highest BCUT2D eigenvalue weighted by atomic mass is 32.2. The number of carbonyl (C=O) groups is 1. The fourth-order valence-corrected chi connectivity index (χ4v) is 2.94. The van der Waals surface area contributed by atoms with Gasteiger partial charge in [-0.25, -0.2) is 4.68 Å². The first-order valence-electron chi connectivity index (χ1n) is 6.54. The van der Waals surface area contributed by atoms with Gasteiger partial charge in [-0.15, -0.1) is 5.10 Å². The van der Waals surface area contributed by atoms with Gasteiger partial charge in [0.1, 0.15) is 0 Å². The standard InChI is InChI=1S/C11H19N5O2S/c1-8(10(18)12-9-4-2-3-5-9)19-11-13-14-15-16(11)6-7-17/h8-9,17H,2-7H2,1H3,(H,12,18). The number of carbonyl (C=O) groups excluding carboxylic acids is 1. The van der Waals surface area contributed by atoms with Crippen LogP contribution in [0, 0.1) is 0 Å². The Morgan fingerprint density at radius 3 is 3.00 bits per heavy atom. The molecular weight excluding hydrogens is 266 g/mol. The summed E-state index contributed by atoms with van der Waals surface area (Å²) in [6.07, 6.45) is 4.54. The Morgan fingerprint density at radius 2 is 2.32 bits per heavy atom. The highest BCUT2D eigenvalue weighted by Crippen LogP contribution is 2.22. The molecule has 1 aliphatic rings. The fraction of sp³-hybridized carbons (Fsp3) is 0.818. The second-order valence-electron chi connectivity index (χ2n) is 4.66. The Kier molecular flexibility index (Phi) is 5.15. The van der Waals surface area contributed by atoms with Crippen molar-refractivity contribution in [3.05, 3.63) is 0 Å². The minimum Gasteiger partial charge on any atom is -0.394 e. The molecule has 0 bridgehead atoms. The molecule has 1 aliphatic carbocycles. The number of thioether (sulfide) groups is 1. The largest absolute Gasteiger partial charge is 0.394 e. The number of nitrogens with zero attached hydrogens (tertiary/aromatic N) is 4. The first-order valence-corrected chi connectivity index (χ1v) is 7.42. The second kappa shape index (κ2) is 6.85. The van der Waals surface area contributed by atoms with Crippen LogP contribution in [0.1, 0.15) is 32.6 Å². The predicted molar refractivity (Wildman–Crippen MR) is 70.6 cm³/mol. The van der Waals surface area contributed by atoms with Gasteiger partial charge in [0.2, 0.25) is 11.1 Å². The Hall–Kier alpha value is -1.15. The number of aliphatic hydroxyl groups excluding tert-OH is 1. The number of nitrogens with one attached hydrogen (secondary N) is 1. The van der Waals surface area contributed by atoms with Crippen molar-refractivity contribution in [3.63, 3.8) is 0 Å². The highest BCUT2D eigenvalue weighted by Gasteiger charge is 2.22. The van der Waals surface area contributed by atoms with Crippen molar-refractivity contribution in [1.29, 1.82) is 0 Å². The summed E-state index contributed by atoms with van der Waals surface area (Å²) in [7, 11) is 0. The quantitative estimate of drug-likeness (QED) is 0.726. The van der Waals surface area contributed by atoms with Crippen molar-refractivity contribution in [2.75, 3.05) is 6.61 Å². The summed E-state index contributed by atoms with van der Waals surface area (Å²) < 4.78 is 1.50. The number of aliphatic hydroxyl groups is 1. The van der Waals surface area contributed by atoms with E-state index in [0.29, 0.717) is 17.7 Å². The first-order chi connectivity index (χ1) is 9.20. The number of amides is 1. The minimum absolute atomic E-state index is 0.0236. The summed E-state index contributed by atoms with van der Waals surface area (Å²) in [6.45, 7) is 2.15. The van der Waals surface area contributed by atoms with Gasteiger partial charge in [-0.05, 0) is 30.2 Å². The lowest BCUT2D eigenvalue weighted by Gasteiger charge is -2.15. The maximum atomic E-state index is 12.0. The van der Waals surface area contributed by atoms with Crippen LogP contribution in [-0.2, 0) is 11.3 Å². The van der Waals surface area contributed by atoms with E-state index >= 15 is 0 Å². The summed E-state index contributed by atoms with van der Waals surface area (Å²) in [4.78, 5) is 12.0. The van der Waals surface area contributed by atoms with Gasteiger partial charge in [-0.3, -0.25) is 4.79 Å². The molecule has 1 heterocycles. The van der Waals surface area contributed by atoms with Gasteiger partial charge in [0.05, 0.1) is 18.4 Å². The van der Waals surface area contributed by atoms with Crippen molar-refractivity contribution >= 4 is 17.7 Å². The van der Waals surface area contributed by atoms with Crippen molar-refractivity contribution in [3.8, 4) is 0 Å². The molecule has 2 rings (SSSR count). The highest BCUT2D eigenvalue weighted by molar-refractivity contribution is 8.00. The SMILES string of the molecule is CC(Sc1nnnn1CCO)C(=O)NC1CCCC1. The van der Waals surface area contributed by atoms with Crippen LogP contribution in [0.2, 0.25) is 0 Å². The van der Waals surface area contributed by atoms with Crippen LogP contribution < -0.4 is 5.32 Å². The molecule has 106 valence electrons. The number of tetrazole rings is 1. The Balaban J connectivity index is 1.86. The van der Waals surface area contributed by atoms with Crippen LogP contribution in [0.5, 0.6) is 0 Å². The molecule has 19 heavy (non-hydrogen) atoms. The van der Waals surface area contributed by atoms with E-state index in [-0.39, 0.29) is 17.8 Å². The van der Waals surface area contributed by atoms with Crippen LogP contribution in [0.25, 0.3) is 0 Å². The molecule has 7 nitrogen and oxygen atoms in total. The Bertz CT molecular complexity index is 419. The molecule has 1 aromatic heterocycles. The molecule has 1 fully saturated rings. The third-order valence-corrected chi connectivity index (χ3v) is 4.23. The molecule has 1 unspecified atom stereocenters. The molecule has 1 amide bonds.